The van der Waals surface area contributed by atoms with Gasteiger partial charge in [0.2, 0.25) is 0 Å². The van der Waals surface area contributed by atoms with E-state index in [9.17, 15) is 0 Å². The third-order valence-electron chi connectivity index (χ3n) is 0. The van der Waals surface area contributed by atoms with Crippen molar-refractivity contribution >= 4 is 0 Å². The van der Waals surface area contributed by atoms with E-state index in [4.69, 9.17) is 15.3 Å². The van der Waals surface area contributed by atoms with Gasteiger partial charge in [-0.2, -0.15) is 0 Å². The van der Waals surface area contributed by atoms with Gasteiger partial charge in [0.1, 0.15) is 0 Å². The number of hydrogen-bond acceptors (Lipinski definition) is 2. The molecule has 0 rings (SSSR count). The molecule has 0 aromatic carbocycles. The van der Waals surface area contributed by atoms with E-state index in [-0.39, 0.29) is 44.1 Å². The zero-order valence-corrected chi connectivity index (χ0v) is 7.03. The van der Waals surface area contributed by atoms with Crippen molar-refractivity contribution in [2.45, 2.75) is 0 Å². The van der Waals surface area contributed by atoms with E-state index in [2.05, 4.69) is 0 Å². The van der Waals surface area contributed by atoms with Gasteiger partial charge in [0.25, 0.3) is 5.09 Å². The van der Waals surface area contributed by atoms with Crippen LogP contribution in [0, 0.1) is 54.2 Å². The predicted molar refractivity (Wildman–Crippen MR) is 8.78 cm³/mol. The minimum absolute atomic E-state index is 0. The van der Waals surface area contributed by atoms with E-state index in [0.717, 1.165) is 0 Å². The first-order chi connectivity index (χ1) is 1.73. The van der Waals surface area contributed by atoms with Gasteiger partial charge in [0.15, 0.2) is 0 Å². The average molecular weight is 290 g/mol. The molecule has 0 saturated heterocycles. The maximum atomic E-state index is 8.36. The van der Waals surface area contributed by atoms with Crippen LogP contribution in [-0.4, -0.2) is 10.3 Å². The van der Waals surface area contributed by atoms with Crippen LogP contribution in [0.5, 0.6) is 0 Å². The summed E-state index contributed by atoms with van der Waals surface area (Å²) < 4.78 is 0. The standard InChI is InChI=1S/Ac.HNO3/c;2-1(3)4/h;(H,2,3,4). The molecule has 5 heavy (non-hydrogen) atoms. The van der Waals surface area contributed by atoms with E-state index >= 15 is 0 Å². The molecule has 0 bridgehead atoms. The SMILES string of the molecule is O=[N+]([O-])O.[Ac]. The van der Waals surface area contributed by atoms with Crippen LogP contribution in [0.2, 0.25) is 0 Å². The molecule has 0 unspecified atom stereocenters. The minimum atomic E-state index is -1.50. The molecule has 0 aliphatic rings. The fourth-order valence-corrected chi connectivity index (χ4v) is 0. The topological polar surface area (TPSA) is 63.4 Å². The molecule has 0 spiro atoms. The van der Waals surface area contributed by atoms with Gasteiger partial charge in [0, 0.05) is 44.1 Å². The zero-order valence-electron chi connectivity index (χ0n) is 2.29. The third kappa shape index (κ3) is 78.7. The number of nitrogens with zero attached hydrogens (tertiary/aromatic N) is 1. The van der Waals surface area contributed by atoms with Crippen LogP contribution in [-0.2, 0) is 0 Å². The summed E-state index contributed by atoms with van der Waals surface area (Å²) in [4.78, 5) is 8.36. The molecule has 0 aromatic rings. The normalized spacial score (nSPS) is 4.80. The van der Waals surface area contributed by atoms with Gasteiger partial charge in [-0.05, 0) is 0 Å². The zero-order chi connectivity index (χ0) is 3.58. The van der Waals surface area contributed by atoms with E-state index in [1.165, 1.54) is 0 Å². The average Bonchev–Trinajstić information content (AvgIpc) is 0.811. The van der Waals surface area contributed by atoms with E-state index in [1.54, 1.807) is 0 Å². The first kappa shape index (κ1) is 9.17. The van der Waals surface area contributed by atoms with Crippen LogP contribution >= 0.6 is 0 Å². The summed E-state index contributed by atoms with van der Waals surface area (Å²) >= 11 is 0. The summed E-state index contributed by atoms with van der Waals surface area (Å²) in [5.41, 5.74) is 0. The van der Waals surface area contributed by atoms with Crippen LogP contribution in [0.1, 0.15) is 0 Å². The first-order valence-corrected chi connectivity index (χ1v) is 0.565. The fraction of sp³-hybridized carbons (Fsp3) is 0. The second kappa shape index (κ2) is 4.64. The molecular weight excluding hydrogens is 289 g/mol. The Labute approximate surface area is 63.8 Å². The van der Waals surface area contributed by atoms with Crippen molar-refractivity contribution in [3.05, 3.63) is 10.1 Å². The molecule has 0 aromatic heterocycles. The van der Waals surface area contributed by atoms with Crippen LogP contribution in [0.4, 0.5) is 0 Å². The largest absolute Gasteiger partial charge is 0.328 e. The molecule has 0 atom stereocenters. The van der Waals surface area contributed by atoms with Gasteiger partial charge < -0.3 is 5.21 Å². The van der Waals surface area contributed by atoms with Crippen LogP contribution in [0.25, 0.3) is 0 Å². The van der Waals surface area contributed by atoms with Crippen molar-refractivity contribution in [1.82, 2.24) is 0 Å². The summed E-state index contributed by atoms with van der Waals surface area (Å²) in [6, 6.07) is 0. The summed E-state index contributed by atoms with van der Waals surface area (Å²) in [6.45, 7) is 0. The molecular formula is HAcNO3. The Morgan fingerprint density at radius 1 is 1.80 bits per heavy atom. The minimum Gasteiger partial charge on any atom is -0.328 e. The molecule has 0 heterocycles. The van der Waals surface area contributed by atoms with E-state index in [0.29, 0.717) is 0 Å². The van der Waals surface area contributed by atoms with Gasteiger partial charge in [-0.1, -0.05) is 0 Å². The Hall–Kier alpha value is 0.642. The third-order valence-corrected chi connectivity index (χ3v) is 0. The van der Waals surface area contributed by atoms with Crippen molar-refractivity contribution in [3.8, 4) is 0 Å². The maximum Gasteiger partial charge on any atom is 0.291 e. The molecule has 0 fully saturated rings. The van der Waals surface area contributed by atoms with Crippen molar-refractivity contribution in [1.29, 1.82) is 0 Å². The number of hydrogen-bond donors (Lipinski definition) is 1. The van der Waals surface area contributed by atoms with Crippen molar-refractivity contribution in [2.75, 3.05) is 0 Å². The Bertz CT molecular complexity index is 29.9. The summed E-state index contributed by atoms with van der Waals surface area (Å²) in [5.74, 6) is 0. The first-order valence-electron chi connectivity index (χ1n) is 0.565. The second-order valence-electron chi connectivity index (χ2n) is 0.238. The van der Waals surface area contributed by atoms with Crippen molar-refractivity contribution in [2.24, 2.45) is 0 Å². The van der Waals surface area contributed by atoms with Gasteiger partial charge in [-0.15, -0.1) is 10.1 Å². The molecule has 1 radical (unpaired) electrons. The molecule has 0 aliphatic heterocycles. The van der Waals surface area contributed by atoms with E-state index in [1.807, 2.05) is 0 Å². The Morgan fingerprint density at radius 3 is 1.80 bits per heavy atom. The Morgan fingerprint density at radius 2 is 1.80 bits per heavy atom. The molecule has 0 saturated carbocycles. The van der Waals surface area contributed by atoms with Gasteiger partial charge in [0.05, 0.1) is 0 Å². The molecule has 1 N–H and O–H groups in total. The summed E-state index contributed by atoms with van der Waals surface area (Å²) in [6.07, 6.45) is 0. The van der Waals surface area contributed by atoms with Crippen molar-refractivity contribution in [3.63, 3.8) is 0 Å². The van der Waals surface area contributed by atoms with Gasteiger partial charge in [-0.25, -0.2) is 0 Å². The molecule has 4 nitrogen and oxygen atoms in total. The maximum absolute atomic E-state index is 8.36. The molecule has 0 amide bonds. The quantitative estimate of drug-likeness (QED) is 0.490. The Kier molecular flexibility index (Phi) is 8.51. The summed E-state index contributed by atoms with van der Waals surface area (Å²) in [7, 11) is 0. The monoisotopic (exact) mass is 290 g/mol. The van der Waals surface area contributed by atoms with Crippen LogP contribution in [0.15, 0.2) is 0 Å². The molecule has 5 heteroatoms. The molecule has 0 aliphatic carbocycles. The van der Waals surface area contributed by atoms with Gasteiger partial charge in [-0.3, -0.25) is 0 Å². The van der Waals surface area contributed by atoms with Crippen LogP contribution < -0.4 is 0 Å². The van der Waals surface area contributed by atoms with Gasteiger partial charge >= 0.3 is 0 Å². The smallest absolute Gasteiger partial charge is 0.291 e. The second-order valence-corrected chi connectivity index (χ2v) is 0.238. The van der Waals surface area contributed by atoms with E-state index < -0.39 is 5.09 Å². The Balaban J connectivity index is 0. The molecule has 27 valence electrons. The van der Waals surface area contributed by atoms with Crippen molar-refractivity contribution < 1.29 is 54.4 Å². The summed E-state index contributed by atoms with van der Waals surface area (Å²) in [5, 5.41) is 13.6. The fourth-order valence-electron chi connectivity index (χ4n) is 0. The predicted octanol–water partition coefficient (Wildman–Crippen LogP) is -0.348. The number of rotatable bonds is 0. The van der Waals surface area contributed by atoms with Crippen LogP contribution in [0.3, 0.4) is 0 Å².